The molecule has 0 bridgehead atoms. The molecular formula is C22H48N12O10. The Hall–Kier alpha value is -4.80. The monoisotopic (exact) mass is 640 g/mol. The number of hydrogen-bond acceptors (Lipinski definition) is 12. The Morgan fingerprint density at radius 3 is 0.864 bits per heavy atom. The van der Waals surface area contributed by atoms with Crippen LogP contribution in [0.2, 0.25) is 0 Å². The Kier molecular flexibility index (Phi) is 29.7. The molecule has 0 radical (unpaired) electrons. The Labute approximate surface area is 253 Å². The summed E-state index contributed by atoms with van der Waals surface area (Å²) in [7, 11) is 0. The Morgan fingerprint density at radius 1 is 0.455 bits per heavy atom. The maximum Gasteiger partial charge on any atom is 0.320 e. The van der Waals surface area contributed by atoms with E-state index in [1.165, 1.54) is 0 Å². The summed E-state index contributed by atoms with van der Waals surface area (Å²) in [5.41, 5.74) is 50.3. The van der Waals surface area contributed by atoms with Gasteiger partial charge in [-0.25, -0.2) is 0 Å². The normalized spacial score (nSPS) is 12.3. The van der Waals surface area contributed by atoms with Gasteiger partial charge in [0.05, 0.1) is 0 Å². The van der Waals surface area contributed by atoms with Gasteiger partial charge in [0.2, 0.25) is 11.8 Å². The fourth-order valence-electron chi connectivity index (χ4n) is 2.13. The first kappa shape index (κ1) is 46.2. The van der Waals surface area contributed by atoms with Gasteiger partial charge in [0.15, 0.2) is 11.9 Å². The molecule has 0 heterocycles. The molecule has 4 unspecified atom stereocenters. The maximum absolute atomic E-state index is 10.2. The number of carbonyl (C=O) groups excluding carboxylic acids is 2. The number of rotatable bonds is 18. The minimum absolute atomic E-state index is 0.0129. The lowest BCUT2D eigenvalue weighted by molar-refractivity contribution is -0.139. The number of carboxylic acids is 4. The molecule has 0 saturated heterocycles. The summed E-state index contributed by atoms with van der Waals surface area (Å²) < 4.78 is 0. The number of nitrogens with two attached hydrogens (primary N) is 10. The molecule has 4 atom stereocenters. The Bertz CT molecular complexity index is 867. The second kappa shape index (κ2) is 28.3. The number of aliphatic carboxylic acids is 4. The van der Waals surface area contributed by atoms with Crippen molar-refractivity contribution in [1.29, 1.82) is 0 Å². The maximum atomic E-state index is 10.2. The number of guanidine groups is 2. The molecule has 0 aliphatic heterocycles. The van der Waals surface area contributed by atoms with Crippen molar-refractivity contribution in [2.75, 3.05) is 13.1 Å². The van der Waals surface area contributed by atoms with E-state index in [2.05, 4.69) is 9.98 Å². The number of primary amides is 2. The summed E-state index contributed by atoms with van der Waals surface area (Å²) >= 11 is 0. The van der Waals surface area contributed by atoms with Crippen molar-refractivity contribution in [3.05, 3.63) is 0 Å². The first-order chi connectivity index (χ1) is 20.1. The molecule has 0 fully saturated rings. The second-order valence-corrected chi connectivity index (χ2v) is 8.69. The van der Waals surface area contributed by atoms with Crippen molar-refractivity contribution < 1.29 is 49.2 Å². The van der Waals surface area contributed by atoms with Crippen molar-refractivity contribution in [2.45, 2.75) is 75.5 Å². The highest BCUT2D eigenvalue weighted by Gasteiger charge is 2.12. The summed E-state index contributed by atoms with van der Waals surface area (Å²) in [5, 5.41) is 33.2. The molecule has 0 spiro atoms. The fourth-order valence-corrected chi connectivity index (χ4v) is 2.13. The summed E-state index contributed by atoms with van der Waals surface area (Å²) in [6.07, 6.45) is 2.16. The van der Waals surface area contributed by atoms with E-state index < -0.39 is 59.9 Å². The molecule has 0 aliphatic carbocycles. The average Bonchev–Trinajstić information content (AvgIpc) is 2.90. The number of hydrogen-bond donors (Lipinski definition) is 14. The average molecular weight is 641 g/mol. The molecule has 24 N–H and O–H groups in total. The Morgan fingerprint density at radius 2 is 0.682 bits per heavy atom. The van der Waals surface area contributed by atoms with Gasteiger partial charge in [0.25, 0.3) is 0 Å². The van der Waals surface area contributed by atoms with Crippen LogP contribution in [0.5, 0.6) is 0 Å². The van der Waals surface area contributed by atoms with Gasteiger partial charge >= 0.3 is 23.9 Å². The van der Waals surface area contributed by atoms with Crippen molar-refractivity contribution in [1.82, 2.24) is 0 Å². The van der Waals surface area contributed by atoms with Crippen LogP contribution < -0.4 is 57.3 Å². The van der Waals surface area contributed by atoms with E-state index in [9.17, 15) is 28.8 Å². The van der Waals surface area contributed by atoms with E-state index >= 15 is 0 Å². The largest absolute Gasteiger partial charge is 0.480 e. The van der Waals surface area contributed by atoms with Crippen LogP contribution in [-0.4, -0.2) is 105 Å². The molecule has 44 heavy (non-hydrogen) atoms. The highest BCUT2D eigenvalue weighted by Crippen LogP contribution is 1.96. The zero-order valence-corrected chi connectivity index (χ0v) is 24.3. The SMILES string of the molecule is NC(=O)CCC(N)C(=O)O.NC(=O)CCC(N)C(=O)O.NC(N)=NCCCC(N)C(=O)O.NC(N)=NCCCC(N)C(=O)O. The number of nitrogens with zero attached hydrogens (tertiary/aromatic N) is 2. The smallest absolute Gasteiger partial charge is 0.320 e. The van der Waals surface area contributed by atoms with E-state index in [1.54, 1.807) is 0 Å². The van der Waals surface area contributed by atoms with Gasteiger partial charge in [-0.15, -0.1) is 0 Å². The van der Waals surface area contributed by atoms with Crippen LogP contribution >= 0.6 is 0 Å². The summed E-state index contributed by atoms with van der Waals surface area (Å²) in [5.74, 6) is -5.26. The molecule has 2 amide bonds. The minimum atomic E-state index is -1.11. The van der Waals surface area contributed by atoms with Crippen molar-refractivity contribution in [3.8, 4) is 0 Å². The van der Waals surface area contributed by atoms with Gasteiger partial charge in [-0.3, -0.25) is 38.8 Å². The highest BCUT2D eigenvalue weighted by atomic mass is 16.4. The van der Waals surface area contributed by atoms with E-state index in [1.807, 2.05) is 0 Å². The van der Waals surface area contributed by atoms with Crippen molar-refractivity contribution in [2.24, 2.45) is 67.3 Å². The predicted octanol–water partition coefficient (Wildman–Crippen LogP) is -5.77. The first-order valence-electron chi connectivity index (χ1n) is 12.8. The zero-order valence-electron chi connectivity index (χ0n) is 24.3. The van der Waals surface area contributed by atoms with E-state index in [0.717, 1.165) is 0 Å². The third-order valence-corrected chi connectivity index (χ3v) is 4.61. The van der Waals surface area contributed by atoms with Gasteiger partial charge in [-0.05, 0) is 38.5 Å². The van der Waals surface area contributed by atoms with E-state index in [-0.39, 0.29) is 37.6 Å². The lowest BCUT2D eigenvalue weighted by Gasteiger charge is -2.03. The molecule has 0 aromatic carbocycles. The van der Waals surface area contributed by atoms with E-state index in [4.69, 9.17) is 77.8 Å². The topological polar surface area (TPSA) is 468 Å². The predicted molar refractivity (Wildman–Crippen MR) is 159 cm³/mol. The highest BCUT2D eigenvalue weighted by molar-refractivity contribution is 5.78. The van der Waals surface area contributed by atoms with Crippen LogP contribution in [0.4, 0.5) is 0 Å². The quantitative estimate of drug-likeness (QED) is 0.0376. The standard InChI is InChI=1S/2C6H14N4O2.2C5H10N2O3/c2*7-4(5(11)12)2-1-3-10-6(8)9;2*6-3(5(9)10)1-2-4(7)8/h2*4H,1-3,7H2,(H,11,12)(H4,8,9,10);2*3H,1-2,6H2,(H2,7,8)(H,9,10). The van der Waals surface area contributed by atoms with Crippen LogP contribution in [-0.2, 0) is 28.8 Å². The number of amides is 2. The molecule has 0 aromatic heterocycles. The van der Waals surface area contributed by atoms with Crippen LogP contribution in [0.3, 0.4) is 0 Å². The third kappa shape index (κ3) is 39.3. The summed E-state index contributed by atoms with van der Waals surface area (Å²) in [6, 6.07) is -3.60. The molecule has 256 valence electrons. The van der Waals surface area contributed by atoms with Crippen molar-refractivity contribution >= 4 is 47.6 Å². The number of aliphatic imine (C=N–C) groups is 2. The van der Waals surface area contributed by atoms with E-state index in [0.29, 0.717) is 38.8 Å². The first-order valence-corrected chi connectivity index (χ1v) is 12.8. The second-order valence-electron chi connectivity index (χ2n) is 8.69. The third-order valence-electron chi connectivity index (χ3n) is 4.61. The molecule has 0 aliphatic rings. The van der Waals surface area contributed by atoms with Crippen molar-refractivity contribution in [3.63, 3.8) is 0 Å². The number of carbonyl (C=O) groups is 6. The molecular weight excluding hydrogens is 592 g/mol. The van der Waals surface area contributed by atoms with Gasteiger partial charge in [0, 0.05) is 25.9 Å². The van der Waals surface area contributed by atoms with Crippen LogP contribution in [0.25, 0.3) is 0 Å². The van der Waals surface area contributed by atoms with Crippen LogP contribution in [0.15, 0.2) is 9.98 Å². The molecule has 0 saturated carbocycles. The minimum Gasteiger partial charge on any atom is -0.480 e. The zero-order chi connectivity index (χ0) is 35.4. The van der Waals surface area contributed by atoms with Gasteiger partial charge in [0.1, 0.15) is 24.2 Å². The van der Waals surface area contributed by atoms with Gasteiger partial charge in [-0.2, -0.15) is 0 Å². The molecule has 22 heteroatoms. The molecule has 0 rings (SSSR count). The van der Waals surface area contributed by atoms with Crippen LogP contribution in [0, 0.1) is 0 Å². The summed E-state index contributed by atoms with van der Waals surface area (Å²) in [4.78, 5) is 68.1. The van der Waals surface area contributed by atoms with Crippen LogP contribution in [0.1, 0.15) is 51.4 Å². The molecule has 22 nitrogen and oxygen atoms in total. The summed E-state index contributed by atoms with van der Waals surface area (Å²) in [6.45, 7) is 0.840. The molecule has 0 aromatic rings. The number of carboxylic acid groups (broad SMARTS) is 4. The van der Waals surface area contributed by atoms with Gasteiger partial charge < -0.3 is 77.8 Å². The lowest BCUT2D eigenvalue weighted by atomic mass is 10.2. The Balaban J connectivity index is -0.000000243. The van der Waals surface area contributed by atoms with Gasteiger partial charge in [-0.1, -0.05) is 0 Å². The fraction of sp³-hybridized carbons (Fsp3) is 0.636. The lowest BCUT2D eigenvalue weighted by Crippen LogP contribution is -2.31.